The Morgan fingerprint density at radius 1 is 1.16 bits per heavy atom. The molecule has 0 bridgehead atoms. The molecule has 2 fully saturated rings. The summed E-state index contributed by atoms with van der Waals surface area (Å²) in [6, 6.07) is 0. The summed E-state index contributed by atoms with van der Waals surface area (Å²) in [6.45, 7) is 16.0. The zero-order chi connectivity index (χ0) is 14.4. The van der Waals surface area contributed by atoms with E-state index in [9.17, 15) is 5.11 Å². The van der Waals surface area contributed by atoms with Crippen LogP contribution in [0.15, 0.2) is 12.3 Å². The maximum absolute atomic E-state index is 9.73. The highest BCUT2D eigenvalue weighted by molar-refractivity contribution is 5.06. The standard InChI is InChI=1S/C18H32O/c1-12-10-17(4,5)16-8-7-13(2)15(9-14(3)19)18(16,6)11-12/h12-13,15-16,19H,3,7-11H2,1-2,4-6H3/t12-,13-,15-,16?,18+/m0/s1. The van der Waals surface area contributed by atoms with Crippen molar-refractivity contribution < 1.29 is 5.11 Å². The van der Waals surface area contributed by atoms with E-state index in [1.54, 1.807) is 0 Å². The number of hydrogen-bond acceptors (Lipinski definition) is 1. The average Bonchev–Trinajstić information content (AvgIpc) is 2.20. The number of aliphatic hydroxyl groups is 1. The van der Waals surface area contributed by atoms with Gasteiger partial charge in [-0.1, -0.05) is 47.6 Å². The number of aliphatic hydroxyl groups excluding tert-OH is 1. The minimum atomic E-state index is 0.379. The van der Waals surface area contributed by atoms with Crippen LogP contribution in [0.2, 0.25) is 0 Å². The van der Waals surface area contributed by atoms with Crippen LogP contribution in [-0.2, 0) is 0 Å². The van der Waals surface area contributed by atoms with Crippen molar-refractivity contribution in [2.45, 2.75) is 66.7 Å². The van der Waals surface area contributed by atoms with Crippen LogP contribution in [0.4, 0.5) is 0 Å². The van der Waals surface area contributed by atoms with Crippen molar-refractivity contribution in [3.05, 3.63) is 12.3 Å². The van der Waals surface area contributed by atoms with Gasteiger partial charge in [0.1, 0.15) is 0 Å². The number of rotatable bonds is 2. The normalized spacial score (nSPS) is 45.5. The van der Waals surface area contributed by atoms with Gasteiger partial charge in [0.2, 0.25) is 0 Å². The molecule has 2 saturated carbocycles. The smallest absolute Gasteiger partial charge is 0.0854 e. The van der Waals surface area contributed by atoms with Gasteiger partial charge in [-0.3, -0.25) is 0 Å². The summed E-state index contributed by atoms with van der Waals surface area (Å²) in [7, 11) is 0. The van der Waals surface area contributed by atoms with Crippen LogP contribution in [0.1, 0.15) is 66.7 Å². The number of fused-ring (bicyclic) bond motifs is 1. The third kappa shape index (κ3) is 2.58. The fraction of sp³-hybridized carbons (Fsp3) is 0.889. The van der Waals surface area contributed by atoms with Crippen LogP contribution >= 0.6 is 0 Å². The van der Waals surface area contributed by atoms with E-state index in [4.69, 9.17) is 0 Å². The first kappa shape index (κ1) is 14.9. The second-order valence-electron chi connectivity index (χ2n) is 8.49. The Morgan fingerprint density at radius 3 is 2.37 bits per heavy atom. The second-order valence-corrected chi connectivity index (χ2v) is 8.49. The minimum Gasteiger partial charge on any atom is -0.513 e. The molecular formula is C18H32O. The van der Waals surface area contributed by atoms with Gasteiger partial charge in [0.15, 0.2) is 0 Å². The highest BCUT2D eigenvalue weighted by Gasteiger charge is 2.55. The molecule has 0 saturated heterocycles. The van der Waals surface area contributed by atoms with Crippen LogP contribution in [0.3, 0.4) is 0 Å². The second kappa shape index (κ2) is 4.82. The molecule has 0 aromatic heterocycles. The summed E-state index contributed by atoms with van der Waals surface area (Å²) < 4.78 is 0. The van der Waals surface area contributed by atoms with Crippen LogP contribution < -0.4 is 0 Å². The molecule has 5 atom stereocenters. The average molecular weight is 264 g/mol. The van der Waals surface area contributed by atoms with Crippen LogP contribution in [-0.4, -0.2) is 5.11 Å². The molecule has 2 aliphatic rings. The van der Waals surface area contributed by atoms with Crippen molar-refractivity contribution >= 4 is 0 Å². The van der Waals surface area contributed by atoms with Gasteiger partial charge < -0.3 is 5.11 Å². The van der Waals surface area contributed by atoms with Crippen molar-refractivity contribution in [3.63, 3.8) is 0 Å². The summed E-state index contributed by atoms with van der Waals surface area (Å²) in [4.78, 5) is 0. The van der Waals surface area contributed by atoms with Crippen molar-refractivity contribution in [2.75, 3.05) is 0 Å². The SMILES string of the molecule is C=C(O)C[C@H]1[C@@H](C)CCC2C(C)(C)C[C@H](C)C[C@@]21C. The summed E-state index contributed by atoms with van der Waals surface area (Å²) >= 11 is 0. The summed E-state index contributed by atoms with van der Waals surface area (Å²) in [5, 5.41) is 9.73. The lowest BCUT2D eigenvalue weighted by Gasteiger charge is -2.60. The molecule has 0 spiro atoms. The highest BCUT2D eigenvalue weighted by Crippen LogP contribution is 2.63. The minimum absolute atomic E-state index is 0.379. The largest absolute Gasteiger partial charge is 0.513 e. The first-order chi connectivity index (χ1) is 8.67. The monoisotopic (exact) mass is 264 g/mol. The summed E-state index contributed by atoms with van der Waals surface area (Å²) in [5.41, 5.74) is 0.825. The molecule has 1 nitrogen and oxygen atoms in total. The molecular weight excluding hydrogens is 232 g/mol. The summed E-state index contributed by atoms with van der Waals surface area (Å²) in [5.74, 6) is 3.31. The topological polar surface area (TPSA) is 20.2 Å². The lowest BCUT2D eigenvalue weighted by Crippen LogP contribution is -2.53. The van der Waals surface area contributed by atoms with Gasteiger partial charge in [0, 0.05) is 6.42 Å². The predicted molar refractivity (Wildman–Crippen MR) is 82.0 cm³/mol. The molecule has 2 rings (SSSR count). The van der Waals surface area contributed by atoms with E-state index in [1.165, 1.54) is 25.7 Å². The van der Waals surface area contributed by atoms with Gasteiger partial charge in [0.05, 0.1) is 5.76 Å². The van der Waals surface area contributed by atoms with Gasteiger partial charge >= 0.3 is 0 Å². The maximum Gasteiger partial charge on any atom is 0.0854 e. The third-order valence-corrected chi connectivity index (χ3v) is 6.30. The molecule has 0 amide bonds. The molecule has 2 aliphatic carbocycles. The molecule has 0 aliphatic heterocycles. The van der Waals surface area contributed by atoms with Crippen molar-refractivity contribution in [3.8, 4) is 0 Å². The lowest BCUT2D eigenvalue weighted by atomic mass is 9.44. The molecule has 1 N–H and O–H groups in total. The van der Waals surface area contributed by atoms with Crippen molar-refractivity contribution in [1.82, 2.24) is 0 Å². The molecule has 0 aromatic carbocycles. The van der Waals surface area contributed by atoms with E-state index in [0.29, 0.717) is 28.4 Å². The van der Waals surface area contributed by atoms with E-state index in [1.807, 2.05) is 0 Å². The highest BCUT2D eigenvalue weighted by atomic mass is 16.3. The van der Waals surface area contributed by atoms with Gasteiger partial charge in [-0.25, -0.2) is 0 Å². The molecule has 19 heavy (non-hydrogen) atoms. The molecule has 0 radical (unpaired) electrons. The van der Waals surface area contributed by atoms with E-state index >= 15 is 0 Å². The first-order valence-electron chi connectivity index (χ1n) is 8.03. The zero-order valence-corrected chi connectivity index (χ0v) is 13.5. The Bertz CT molecular complexity index is 357. The number of hydrogen-bond donors (Lipinski definition) is 1. The zero-order valence-electron chi connectivity index (χ0n) is 13.5. The Labute approximate surface area is 119 Å². The van der Waals surface area contributed by atoms with Crippen LogP contribution in [0, 0.1) is 34.5 Å². The fourth-order valence-electron chi connectivity index (χ4n) is 6.00. The third-order valence-electron chi connectivity index (χ3n) is 6.30. The maximum atomic E-state index is 9.73. The molecule has 0 heterocycles. The Kier molecular flexibility index (Phi) is 3.79. The van der Waals surface area contributed by atoms with Crippen LogP contribution in [0.25, 0.3) is 0 Å². The van der Waals surface area contributed by atoms with Gasteiger partial charge in [-0.2, -0.15) is 0 Å². The fourth-order valence-corrected chi connectivity index (χ4v) is 6.00. The van der Waals surface area contributed by atoms with Crippen molar-refractivity contribution in [2.24, 2.45) is 34.5 Å². The molecule has 110 valence electrons. The number of allylic oxidation sites excluding steroid dienone is 1. The Balaban J connectivity index is 2.35. The first-order valence-corrected chi connectivity index (χ1v) is 8.03. The molecule has 1 unspecified atom stereocenters. The molecule has 0 aromatic rings. The van der Waals surface area contributed by atoms with E-state index < -0.39 is 0 Å². The predicted octanol–water partition coefficient (Wildman–Crippen LogP) is 5.57. The lowest BCUT2D eigenvalue weighted by molar-refractivity contribution is -0.112. The van der Waals surface area contributed by atoms with Crippen LogP contribution in [0.5, 0.6) is 0 Å². The quantitative estimate of drug-likeness (QED) is 0.646. The van der Waals surface area contributed by atoms with E-state index in [-0.39, 0.29) is 0 Å². The Hall–Kier alpha value is -0.460. The van der Waals surface area contributed by atoms with E-state index in [0.717, 1.165) is 18.3 Å². The van der Waals surface area contributed by atoms with Crippen molar-refractivity contribution in [1.29, 1.82) is 0 Å². The summed E-state index contributed by atoms with van der Waals surface area (Å²) in [6.07, 6.45) is 6.16. The van der Waals surface area contributed by atoms with Gasteiger partial charge in [-0.05, 0) is 53.8 Å². The van der Waals surface area contributed by atoms with Gasteiger partial charge in [0.25, 0.3) is 0 Å². The van der Waals surface area contributed by atoms with Gasteiger partial charge in [-0.15, -0.1) is 0 Å². The Morgan fingerprint density at radius 2 is 1.79 bits per heavy atom. The van der Waals surface area contributed by atoms with E-state index in [2.05, 4.69) is 41.2 Å². The molecule has 1 heteroatoms.